The maximum atomic E-state index is 12.3. The number of phenols is 1. The van der Waals surface area contributed by atoms with Gasteiger partial charge in [0, 0.05) is 21.7 Å². The van der Waals surface area contributed by atoms with E-state index >= 15 is 0 Å². The Kier molecular flexibility index (Phi) is 6.77. The Hall–Kier alpha value is -3.34. The summed E-state index contributed by atoms with van der Waals surface area (Å²) in [7, 11) is 4.27. The molecule has 0 bridgehead atoms. The van der Waals surface area contributed by atoms with E-state index in [2.05, 4.69) is 26.5 Å². The molecule has 0 aromatic heterocycles. The molecule has 0 aliphatic heterocycles. The second kappa shape index (κ2) is 9.04. The molecule has 0 heterocycles. The van der Waals surface area contributed by atoms with Crippen LogP contribution in [0.1, 0.15) is 15.9 Å². The van der Waals surface area contributed by atoms with Gasteiger partial charge in [-0.15, -0.1) is 0 Å². The predicted octanol–water partition coefficient (Wildman–Crippen LogP) is 2.85. The molecule has 11 heteroatoms. The minimum atomic E-state index is -0.730. The number of ether oxygens (including phenoxy) is 3. The number of carbonyl (C=O) groups excluding carboxylic acids is 1. The van der Waals surface area contributed by atoms with E-state index in [1.54, 1.807) is 0 Å². The minimum Gasteiger partial charge on any atom is -0.502 e. The first-order chi connectivity index (χ1) is 13.3. The summed E-state index contributed by atoms with van der Waals surface area (Å²) < 4.78 is 15.9. The van der Waals surface area contributed by atoms with Crippen molar-refractivity contribution in [2.24, 2.45) is 5.10 Å². The van der Waals surface area contributed by atoms with Crippen LogP contribution in [0.15, 0.2) is 33.8 Å². The summed E-state index contributed by atoms with van der Waals surface area (Å²) in [6, 6.07) is 5.44. The van der Waals surface area contributed by atoms with Crippen molar-refractivity contribution in [1.29, 1.82) is 0 Å². The lowest BCUT2D eigenvalue weighted by molar-refractivity contribution is -0.385. The molecule has 28 heavy (non-hydrogen) atoms. The van der Waals surface area contributed by atoms with E-state index in [1.807, 2.05) is 0 Å². The van der Waals surface area contributed by atoms with Crippen LogP contribution in [0.5, 0.6) is 23.0 Å². The number of hydrazone groups is 1. The van der Waals surface area contributed by atoms with Crippen LogP contribution in [-0.2, 0) is 0 Å². The molecule has 0 saturated carbocycles. The number of rotatable bonds is 7. The summed E-state index contributed by atoms with van der Waals surface area (Å²) >= 11 is 3.11. The number of methoxy groups -OCH3 is 3. The summed E-state index contributed by atoms with van der Waals surface area (Å²) in [5, 5.41) is 24.6. The topological polar surface area (TPSA) is 133 Å². The molecular formula is C17H16BrN3O7. The van der Waals surface area contributed by atoms with E-state index in [0.717, 1.165) is 12.3 Å². The number of aromatic hydroxyl groups is 1. The third-order valence-electron chi connectivity index (χ3n) is 3.58. The smallest absolute Gasteiger partial charge is 0.312 e. The van der Waals surface area contributed by atoms with Crippen LogP contribution in [-0.4, -0.2) is 43.5 Å². The summed E-state index contributed by atoms with van der Waals surface area (Å²) in [5.41, 5.74) is 2.00. The molecule has 0 saturated heterocycles. The van der Waals surface area contributed by atoms with Gasteiger partial charge in [-0.3, -0.25) is 14.9 Å². The second-order valence-corrected chi connectivity index (χ2v) is 6.15. The van der Waals surface area contributed by atoms with E-state index in [-0.39, 0.29) is 22.6 Å². The molecule has 1 amide bonds. The molecule has 0 aliphatic carbocycles. The first kappa shape index (κ1) is 21.0. The SMILES string of the molecule is COc1cc(C(=O)N/N=C/c2cc(Br)cc([N+](=O)[O-])c2O)cc(OC)c1OC. The van der Waals surface area contributed by atoms with Gasteiger partial charge in [0.2, 0.25) is 11.5 Å². The van der Waals surface area contributed by atoms with E-state index < -0.39 is 22.3 Å². The number of nitro groups is 1. The minimum absolute atomic E-state index is 0.0475. The van der Waals surface area contributed by atoms with Gasteiger partial charge in [-0.05, 0) is 18.2 Å². The van der Waals surface area contributed by atoms with Gasteiger partial charge in [0.25, 0.3) is 5.91 Å². The first-order valence-electron chi connectivity index (χ1n) is 7.62. The fourth-order valence-corrected chi connectivity index (χ4v) is 2.74. The van der Waals surface area contributed by atoms with Gasteiger partial charge in [0.05, 0.1) is 32.5 Å². The summed E-state index contributed by atoms with van der Waals surface area (Å²) in [6.07, 6.45) is 1.09. The molecule has 0 radical (unpaired) electrons. The maximum Gasteiger partial charge on any atom is 0.312 e. The standard InChI is InChI=1S/C17H16BrN3O7/c1-26-13-5-9(6-14(27-2)16(13)28-3)17(23)20-19-8-10-4-11(18)7-12(15(10)22)21(24)25/h4-8,22H,1-3H3,(H,20,23)/b19-8+. The third-order valence-corrected chi connectivity index (χ3v) is 4.04. The van der Waals surface area contributed by atoms with Gasteiger partial charge in [0.1, 0.15) is 0 Å². The highest BCUT2D eigenvalue weighted by atomic mass is 79.9. The number of halogens is 1. The van der Waals surface area contributed by atoms with Crippen LogP contribution in [0, 0.1) is 10.1 Å². The molecule has 2 aromatic carbocycles. The highest BCUT2D eigenvalue weighted by molar-refractivity contribution is 9.10. The van der Waals surface area contributed by atoms with Gasteiger partial charge < -0.3 is 19.3 Å². The molecule has 0 atom stereocenters. The van der Waals surface area contributed by atoms with Crippen molar-refractivity contribution >= 4 is 33.7 Å². The summed E-state index contributed by atoms with van der Waals surface area (Å²) in [4.78, 5) is 22.6. The third kappa shape index (κ3) is 4.49. The summed E-state index contributed by atoms with van der Waals surface area (Å²) in [5.74, 6) is -0.262. The number of hydrogen-bond acceptors (Lipinski definition) is 8. The molecule has 0 aliphatic rings. The lowest BCUT2D eigenvalue weighted by Gasteiger charge is -2.13. The predicted molar refractivity (Wildman–Crippen MR) is 104 cm³/mol. The van der Waals surface area contributed by atoms with E-state index in [0.29, 0.717) is 10.2 Å². The monoisotopic (exact) mass is 453 g/mol. The number of nitrogens with one attached hydrogen (secondary N) is 1. The molecule has 2 rings (SSSR count). The van der Waals surface area contributed by atoms with Crippen molar-refractivity contribution in [3.63, 3.8) is 0 Å². The summed E-state index contributed by atoms with van der Waals surface area (Å²) in [6.45, 7) is 0. The lowest BCUT2D eigenvalue weighted by atomic mass is 10.1. The number of phenolic OH excluding ortho intramolecular Hbond substituents is 1. The highest BCUT2D eigenvalue weighted by Gasteiger charge is 2.18. The van der Waals surface area contributed by atoms with Crippen LogP contribution in [0.25, 0.3) is 0 Å². The zero-order valence-electron chi connectivity index (χ0n) is 15.1. The molecular weight excluding hydrogens is 438 g/mol. The molecule has 148 valence electrons. The van der Waals surface area contributed by atoms with Crippen molar-refractivity contribution < 1.29 is 29.0 Å². The van der Waals surface area contributed by atoms with Gasteiger partial charge in [-0.2, -0.15) is 5.10 Å². The average Bonchev–Trinajstić information content (AvgIpc) is 2.68. The van der Waals surface area contributed by atoms with Gasteiger partial charge in [0.15, 0.2) is 11.5 Å². The van der Waals surface area contributed by atoms with Gasteiger partial charge in [-0.1, -0.05) is 15.9 Å². The average molecular weight is 454 g/mol. The van der Waals surface area contributed by atoms with Gasteiger partial charge >= 0.3 is 5.69 Å². The molecule has 2 N–H and O–H groups in total. The van der Waals surface area contributed by atoms with E-state index in [4.69, 9.17) is 14.2 Å². The van der Waals surface area contributed by atoms with E-state index in [9.17, 15) is 20.0 Å². The Labute approximate surface area is 168 Å². The number of amides is 1. The number of nitro benzene ring substituents is 1. The fourth-order valence-electron chi connectivity index (χ4n) is 2.28. The molecule has 0 unspecified atom stereocenters. The zero-order chi connectivity index (χ0) is 20.8. The van der Waals surface area contributed by atoms with Crippen molar-refractivity contribution in [3.05, 3.63) is 50.0 Å². The largest absolute Gasteiger partial charge is 0.502 e. The van der Waals surface area contributed by atoms with Crippen LogP contribution in [0.2, 0.25) is 0 Å². The Morgan fingerprint density at radius 2 is 1.79 bits per heavy atom. The molecule has 0 spiro atoms. The van der Waals surface area contributed by atoms with Crippen LogP contribution < -0.4 is 19.6 Å². The van der Waals surface area contributed by atoms with Crippen molar-refractivity contribution in [2.45, 2.75) is 0 Å². The quantitative estimate of drug-likeness (QED) is 0.374. The number of benzene rings is 2. The van der Waals surface area contributed by atoms with Crippen LogP contribution in [0.3, 0.4) is 0 Å². The Morgan fingerprint density at radius 1 is 1.18 bits per heavy atom. The van der Waals surface area contributed by atoms with Gasteiger partial charge in [-0.25, -0.2) is 5.43 Å². The Balaban J connectivity index is 2.26. The Morgan fingerprint density at radius 3 is 2.29 bits per heavy atom. The zero-order valence-corrected chi connectivity index (χ0v) is 16.6. The van der Waals surface area contributed by atoms with Crippen molar-refractivity contribution in [3.8, 4) is 23.0 Å². The lowest BCUT2D eigenvalue weighted by Crippen LogP contribution is -2.18. The molecule has 10 nitrogen and oxygen atoms in total. The van der Waals surface area contributed by atoms with E-state index in [1.165, 1.54) is 39.5 Å². The fraction of sp³-hybridized carbons (Fsp3) is 0.176. The van der Waals surface area contributed by atoms with Crippen molar-refractivity contribution in [1.82, 2.24) is 5.43 Å². The number of carbonyl (C=O) groups is 1. The first-order valence-corrected chi connectivity index (χ1v) is 8.42. The van der Waals surface area contributed by atoms with Crippen LogP contribution in [0.4, 0.5) is 5.69 Å². The second-order valence-electron chi connectivity index (χ2n) is 5.23. The normalized spacial score (nSPS) is 10.6. The maximum absolute atomic E-state index is 12.3. The Bertz CT molecular complexity index is 922. The number of nitrogens with zero attached hydrogens (tertiary/aromatic N) is 2. The molecule has 0 fully saturated rings. The van der Waals surface area contributed by atoms with Crippen molar-refractivity contribution in [2.75, 3.05) is 21.3 Å². The number of hydrogen-bond donors (Lipinski definition) is 2. The highest BCUT2D eigenvalue weighted by Crippen LogP contribution is 2.38. The van der Waals surface area contributed by atoms with Crippen LogP contribution >= 0.6 is 15.9 Å². The molecule has 2 aromatic rings.